The molecule has 0 heterocycles. The first kappa shape index (κ1) is 9.41. The maximum atomic E-state index is 10.7. The largest absolute Gasteiger partial charge is 0.300 e. The van der Waals surface area contributed by atoms with Gasteiger partial charge in [0.2, 0.25) is 0 Å². The lowest BCUT2D eigenvalue weighted by Gasteiger charge is -2.01. The van der Waals surface area contributed by atoms with Crippen molar-refractivity contribution in [3.8, 4) is 0 Å². The molecule has 1 heteroatoms. The zero-order chi connectivity index (χ0) is 8.15. The monoisotopic (exact) mass is 140 g/mol. The van der Waals surface area contributed by atoms with E-state index in [0.29, 0.717) is 0 Å². The van der Waals surface area contributed by atoms with Crippen LogP contribution in [0.2, 0.25) is 0 Å². The van der Waals surface area contributed by atoms with Crippen molar-refractivity contribution in [2.45, 2.75) is 34.1 Å². The standard InChI is InChI=1S/C9H16O/c1-7(2)5-6-8(3)9(4)10/h5,8H,6H2,1-4H3/t8-/m1/s1. The molecule has 0 saturated carbocycles. The molecule has 0 N–H and O–H groups in total. The Hall–Kier alpha value is -0.590. The minimum atomic E-state index is 0.190. The molecule has 58 valence electrons. The van der Waals surface area contributed by atoms with Gasteiger partial charge in [-0.15, -0.1) is 0 Å². The number of carbonyl (C=O) groups excluding carboxylic acids is 1. The van der Waals surface area contributed by atoms with Crippen molar-refractivity contribution in [3.05, 3.63) is 11.6 Å². The number of rotatable bonds is 3. The SMILES string of the molecule is CC(=O)[C@H](C)CC=C(C)C. The van der Waals surface area contributed by atoms with Crippen molar-refractivity contribution in [1.29, 1.82) is 0 Å². The molecule has 1 nitrogen and oxygen atoms in total. The van der Waals surface area contributed by atoms with Gasteiger partial charge in [0.05, 0.1) is 0 Å². The first-order valence-corrected chi connectivity index (χ1v) is 3.68. The van der Waals surface area contributed by atoms with Crippen LogP contribution in [0.15, 0.2) is 11.6 Å². The molecular weight excluding hydrogens is 124 g/mol. The van der Waals surface area contributed by atoms with Crippen LogP contribution in [0.1, 0.15) is 34.1 Å². The van der Waals surface area contributed by atoms with Gasteiger partial charge in [0.25, 0.3) is 0 Å². The third-order valence-electron chi connectivity index (χ3n) is 1.57. The number of hydrogen-bond donors (Lipinski definition) is 0. The summed E-state index contributed by atoms with van der Waals surface area (Å²) in [4.78, 5) is 10.7. The summed E-state index contributed by atoms with van der Waals surface area (Å²) < 4.78 is 0. The van der Waals surface area contributed by atoms with E-state index >= 15 is 0 Å². The quantitative estimate of drug-likeness (QED) is 0.551. The van der Waals surface area contributed by atoms with Gasteiger partial charge in [0.15, 0.2) is 0 Å². The van der Waals surface area contributed by atoms with Crippen LogP contribution in [0, 0.1) is 5.92 Å². The highest BCUT2D eigenvalue weighted by Gasteiger charge is 2.03. The average Bonchev–Trinajstić information content (AvgIpc) is 1.82. The minimum absolute atomic E-state index is 0.190. The molecule has 0 unspecified atom stereocenters. The molecule has 0 saturated heterocycles. The predicted octanol–water partition coefficient (Wildman–Crippen LogP) is 2.57. The Morgan fingerprint density at radius 1 is 1.40 bits per heavy atom. The molecule has 0 aromatic rings. The van der Waals surface area contributed by atoms with Crippen molar-refractivity contribution in [2.24, 2.45) is 5.92 Å². The summed E-state index contributed by atoms with van der Waals surface area (Å²) in [7, 11) is 0. The van der Waals surface area contributed by atoms with Crippen LogP contribution in [0.3, 0.4) is 0 Å². The van der Waals surface area contributed by atoms with Gasteiger partial charge in [0.1, 0.15) is 5.78 Å². The van der Waals surface area contributed by atoms with Gasteiger partial charge in [-0.3, -0.25) is 4.79 Å². The summed E-state index contributed by atoms with van der Waals surface area (Å²) in [5, 5.41) is 0. The second kappa shape index (κ2) is 4.26. The summed E-state index contributed by atoms with van der Waals surface area (Å²) in [6, 6.07) is 0. The van der Waals surface area contributed by atoms with Crippen molar-refractivity contribution in [2.75, 3.05) is 0 Å². The van der Waals surface area contributed by atoms with Gasteiger partial charge in [-0.25, -0.2) is 0 Å². The molecule has 0 aliphatic heterocycles. The zero-order valence-corrected chi connectivity index (χ0v) is 7.27. The number of ketones is 1. The molecule has 0 fully saturated rings. The maximum Gasteiger partial charge on any atom is 0.132 e. The smallest absolute Gasteiger partial charge is 0.132 e. The average molecular weight is 140 g/mol. The summed E-state index contributed by atoms with van der Waals surface area (Å²) in [6.07, 6.45) is 2.99. The first-order chi connectivity index (χ1) is 4.54. The van der Waals surface area contributed by atoms with Crippen LogP contribution in [0.4, 0.5) is 0 Å². The van der Waals surface area contributed by atoms with Crippen molar-refractivity contribution >= 4 is 5.78 Å². The number of allylic oxidation sites excluding steroid dienone is 2. The van der Waals surface area contributed by atoms with Gasteiger partial charge in [-0.05, 0) is 27.2 Å². The third-order valence-corrected chi connectivity index (χ3v) is 1.57. The fourth-order valence-electron chi connectivity index (χ4n) is 0.578. The molecule has 0 rings (SSSR count). The molecule has 0 bridgehead atoms. The zero-order valence-electron chi connectivity index (χ0n) is 7.27. The molecule has 0 aliphatic carbocycles. The van der Waals surface area contributed by atoms with Crippen LogP contribution in [0.25, 0.3) is 0 Å². The van der Waals surface area contributed by atoms with Crippen LogP contribution >= 0.6 is 0 Å². The molecule has 0 aromatic heterocycles. The minimum Gasteiger partial charge on any atom is -0.300 e. The van der Waals surface area contributed by atoms with Crippen LogP contribution in [0.5, 0.6) is 0 Å². The lowest BCUT2D eigenvalue weighted by molar-refractivity contribution is -0.120. The van der Waals surface area contributed by atoms with Crippen LogP contribution < -0.4 is 0 Å². The Bertz CT molecular complexity index is 141. The van der Waals surface area contributed by atoms with Crippen molar-refractivity contribution < 1.29 is 4.79 Å². The Labute approximate surface area is 63.1 Å². The molecule has 0 amide bonds. The molecule has 0 spiro atoms. The van der Waals surface area contributed by atoms with Crippen LogP contribution in [-0.4, -0.2) is 5.78 Å². The van der Waals surface area contributed by atoms with E-state index in [1.807, 2.05) is 20.8 Å². The van der Waals surface area contributed by atoms with Crippen molar-refractivity contribution in [3.63, 3.8) is 0 Å². The van der Waals surface area contributed by atoms with Gasteiger partial charge in [-0.2, -0.15) is 0 Å². The van der Waals surface area contributed by atoms with E-state index in [9.17, 15) is 4.79 Å². The number of Topliss-reactive ketones (excluding diaryl/α,β-unsaturated/α-hetero) is 1. The van der Waals surface area contributed by atoms with E-state index in [2.05, 4.69) is 6.08 Å². The lowest BCUT2D eigenvalue weighted by Crippen LogP contribution is -2.04. The number of carbonyl (C=O) groups is 1. The van der Waals surface area contributed by atoms with Gasteiger partial charge >= 0.3 is 0 Å². The van der Waals surface area contributed by atoms with Gasteiger partial charge in [-0.1, -0.05) is 18.6 Å². The van der Waals surface area contributed by atoms with E-state index in [1.54, 1.807) is 6.92 Å². The molecule has 10 heavy (non-hydrogen) atoms. The van der Waals surface area contributed by atoms with Crippen molar-refractivity contribution in [1.82, 2.24) is 0 Å². The molecule has 0 radical (unpaired) electrons. The fraction of sp³-hybridized carbons (Fsp3) is 0.667. The summed E-state index contributed by atoms with van der Waals surface area (Å²) in [5.74, 6) is 0.465. The highest BCUT2D eigenvalue weighted by molar-refractivity contribution is 5.77. The number of hydrogen-bond acceptors (Lipinski definition) is 1. The summed E-state index contributed by atoms with van der Waals surface area (Å²) in [5.41, 5.74) is 1.29. The Kier molecular flexibility index (Phi) is 4.01. The molecule has 0 aromatic carbocycles. The molecule has 0 aliphatic rings. The lowest BCUT2D eigenvalue weighted by atomic mass is 10.0. The highest BCUT2D eigenvalue weighted by Crippen LogP contribution is 2.05. The van der Waals surface area contributed by atoms with E-state index < -0.39 is 0 Å². The Morgan fingerprint density at radius 2 is 1.90 bits per heavy atom. The maximum absolute atomic E-state index is 10.7. The van der Waals surface area contributed by atoms with E-state index in [0.717, 1.165) is 6.42 Å². The first-order valence-electron chi connectivity index (χ1n) is 3.68. The highest BCUT2D eigenvalue weighted by atomic mass is 16.1. The molecule has 1 atom stereocenters. The normalized spacial score (nSPS) is 12.4. The predicted molar refractivity (Wildman–Crippen MR) is 43.9 cm³/mol. The fourth-order valence-corrected chi connectivity index (χ4v) is 0.578. The second-order valence-corrected chi connectivity index (χ2v) is 3.03. The van der Waals surface area contributed by atoms with E-state index in [-0.39, 0.29) is 11.7 Å². The van der Waals surface area contributed by atoms with Crippen LogP contribution in [-0.2, 0) is 4.79 Å². The second-order valence-electron chi connectivity index (χ2n) is 3.03. The van der Waals surface area contributed by atoms with Gasteiger partial charge in [0, 0.05) is 5.92 Å². The van der Waals surface area contributed by atoms with E-state index in [4.69, 9.17) is 0 Å². The summed E-state index contributed by atoms with van der Waals surface area (Å²) in [6.45, 7) is 7.70. The summed E-state index contributed by atoms with van der Waals surface area (Å²) >= 11 is 0. The molecular formula is C9H16O. The third kappa shape index (κ3) is 4.30. The Morgan fingerprint density at radius 3 is 2.20 bits per heavy atom. The Balaban J connectivity index is 3.70. The van der Waals surface area contributed by atoms with E-state index in [1.165, 1.54) is 5.57 Å². The topological polar surface area (TPSA) is 17.1 Å². The van der Waals surface area contributed by atoms with Gasteiger partial charge < -0.3 is 0 Å².